The van der Waals surface area contributed by atoms with Crippen molar-refractivity contribution in [3.63, 3.8) is 0 Å². The van der Waals surface area contributed by atoms with Crippen LogP contribution in [0.3, 0.4) is 0 Å². The summed E-state index contributed by atoms with van der Waals surface area (Å²) >= 11 is 3.56. The molecule has 20 heavy (non-hydrogen) atoms. The minimum absolute atomic E-state index is 0.102. The van der Waals surface area contributed by atoms with Crippen LogP contribution in [0, 0.1) is 0 Å². The number of methoxy groups -OCH3 is 1. The van der Waals surface area contributed by atoms with Gasteiger partial charge in [0, 0.05) is 19.5 Å². The lowest BCUT2D eigenvalue weighted by atomic mass is 10.2. The Balaban J connectivity index is 2.36. The van der Waals surface area contributed by atoms with Crippen LogP contribution in [-0.2, 0) is 11.3 Å². The lowest BCUT2D eigenvalue weighted by Crippen LogP contribution is -2.27. The number of nitrogens with zero attached hydrogens (tertiary/aromatic N) is 4. The average Bonchev–Trinajstić information content (AvgIpc) is 2.84. The van der Waals surface area contributed by atoms with E-state index in [1.54, 1.807) is 25.7 Å². The summed E-state index contributed by atoms with van der Waals surface area (Å²) < 4.78 is 7.98. The molecule has 0 aliphatic carbocycles. The minimum atomic E-state index is -0.102. The largest absolute Gasteiger partial charge is 0.383 e. The molecule has 2 rings (SSSR count). The highest BCUT2D eigenvalue weighted by atomic mass is 79.9. The first-order valence-electron chi connectivity index (χ1n) is 6.48. The predicted molar refractivity (Wildman–Crippen MR) is 79.4 cm³/mol. The molecule has 2 aromatic heterocycles. The molecular weight excluding hydrogens is 322 g/mol. The van der Waals surface area contributed by atoms with Crippen LogP contribution in [0.25, 0.3) is 0 Å². The van der Waals surface area contributed by atoms with E-state index >= 15 is 0 Å². The monoisotopic (exact) mass is 339 g/mol. The normalized spacial score (nSPS) is 12.6. The number of aromatic nitrogens is 4. The highest BCUT2D eigenvalue weighted by molar-refractivity contribution is 9.10. The zero-order chi connectivity index (χ0) is 14.4. The first-order valence-corrected chi connectivity index (χ1v) is 7.27. The molecule has 0 bridgehead atoms. The molecule has 2 aromatic rings. The first-order chi connectivity index (χ1) is 9.77. The van der Waals surface area contributed by atoms with Crippen LogP contribution in [0.1, 0.15) is 24.5 Å². The van der Waals surface area contributed by atoms with E-state index in [1.807, 2.05) is 10.7 Å². The van der Waals surface area contributed by atoms with Crippen molar-refractivity contribution in [1.29, 1.82) is 0 Å². The summed E-state index contributed by atoms with van der Waals surface area (Å²) in [6.07, 6.45) is 5.28. The number of hydrogen-bond acceptors (Lipinski definition) is 5. The van der Waals surface area contributed by atoms with Gasteiger partial charge in [-0.3, -0.25) is 4.68 Å². The summed E-state index contributed by atoms with van der Waals surface area (Å²) in [5.74, 6) is 0.731. The molecule has 0 radical (unpaired) electrons. The van der Waals surface area contributed by atoms with Crippen molar-refractivity contribution in [2.45, 2.75) is 19.5 Å². The molecule has 6 nitrogen and oxygen atoms in total. The Kier molecular flexibility index (Phi) is 5.63. The van der Waals surface area contributed by atoms with Gasteiger partial charge in [-0.25, -0.2) is 9.97 Å². The van der Waals surface area contributed by atoms with Crippen molar-refractivity contribution in [1.82, 2.24) is 25.1 Å². The van der Waals surface area contributed by atoms with Crippen molar-refractivity contribution >= 4 is 15.9 Å². The molecule has 108 valence electrons. The van der Waals surface area contributed by atoms with Gasteiger partial charge in [0.05, 0.1) is 29.5 Å². The van der Waals surface area contributed by atoms with Gasteiger partial charge in [-0.15, -0.1) is 0 Å². The average molecular weight is 340 g/mol. The van der Waals surface area contributed by atoms with Gasteiger partial charge in [-0.2, -0.15) is 5.10 Å². The van der Waals surface area contributed by atoms with Gasteiger partial charge in [0.15, 0.2) is 5.82 Å². The smallest absolute Gasteiger partial charge is 0.151 e. The second-order valence-electron chi connectivity index (χ2n) is 4.19. The standard InChI is InChI=1S/C13H18BrN5O/c1-3-15-11(13-16-5-4-6-17-13)12-10(14)9-18-19(12)7-8-20-2/h4-6,9,11,15H,3,7-8H2,1-2H3. The molecule has 0 aliphatic heterocycles. The molecule has 1 unspecified atom stereocenters. The van der Waals surface area contributed by atoms with E-state index in [4.69, 9.17) is 4.74 Å². The summed E-state index contributed by atoms with van der Waals surface area (Å²) in [4.78, 5) is 8.70. The second-order valence-corrected chi connectivity index (χ2v) is 5.05. The van der Waals surface area contributed by atoms with Gasteiger partial charge < -0.3 is 10.1 Å². The van der Waals surface area contributed by atoms with Crippen LogP contribution >= 0.6 is 15.9 Å². The summed E-state index contributed by atoms with van der Waals surface area (Å²) in [5.41, 5.74) is 1.01. The number of rotatable bonds is 7. The molecule has 1 atom stereocenters. The maximum atomic E-state index is 5.13. The van der Waals surface area contributed by atoms with Crippen molar-refractivity contribution < 1.29 is 4.74 Å². The van der Waals surface area contributed by atoms with Gasteiger partial charge in [-0.05, 0) is 28.5 Å². The van der Waals surface area contributed by atoms with Gasteiger partial charge in [-0.1, -0.05) is 6.92 Å². The fourth-order valence-electron chi connectivity index (χ4n) is 1.99. The molecule has 0 saturated carbocycles. The summed E-state index contributed by atoms with van der Waals surface area (Å²) in [5, 5.41) is 7.78. The van der Waals surface area contributed by atoms with E-state index in [0.29, 0.717) is 13.2 Å². The van der Waals surface area contributed by atoms with E-state index in [-0.39, 0.29) is 6.04 Å². The van der Waals surface area contributed by atoms with Gasteiger partial charge in [0.1, 0.15) is 6.04 Å². The lowest BCUT2D eigenvalue weighted by molar-refractivity contribution is 0.182. The Morgan fingerprint density at radius 2 is 2.15 bits per heavy atom. The van der Waals surface area contributed by atoms with Crippen molar-refractivity contribution in [3.8, 4) is 0 Å². The molecule has 0 saturated heterocycles. The van der Waals surface area contributed by atoms with Crippen LogP contribution < -0.4 is 5.32 Å². The van der Waals surface area contributed by atoms with Crippen LogP contribution in [0.2, 0.25) is 0 Å². The van der Waals surface area contributed by atoms with Crippen molar-refractivity contribution in [2.24, 2.45) is 0 Å². The maximum Gasteiger partial charge on any atom is 0.151 e. The van der Waals surface area contributed by atoms with Gasteiger partial charge in [0.2, 0.25) is 0 Å². The number of ether oxygens (including phenoxy) is 1. The molecule has 2 heterocycles. The molecule has 0 aromatic carbocycles. The minimum Gasteiger partial charge on any atom is -0.383 e. The quantitative estimate of drug-likeness (QED) is 0.832. The summed E-state index contributed by atoms with van der Waals surface area (Å²) in [6.45, 7) is 4.16. The molecule has 0 amide bonds. The molecule has 7 heteroatoms. The number of hydrogen-bond donors (Lipinski definition) is 1. The van der Waals surface area contributed by atoms with E-state index in [2.05, 4.69) is 43.2 Å². The Morgan fingerprint density at radius 1 is 1.40 bits per heavy atom. The SMILES string of the molecule is CCNC(c1ncccn1)c1c(Br)cnn1CCOC. The van der Waals surface area contributed by atoms with Crippen LogP contribution in [0.15, 0.2) is 29.1 Å². The van der Waals surface area contributed by atoms with E-state index in [0.717, 1.165) is 22.5 Å². The molecule has 1 N–H and O–H groups in total. The third-order valence-electron chi connectivity index (χ3n) is 2.87. The Bertz CT molecular complexity index is 531. The third kappa shape index (κ3) is 3.41. The van der Waals surface area contributed by atoms with E-state index in [1.165, 1.54) is 0 Å². The second kappa shape index (κ2) is 7.47. The number of halogens is 1. The zero-order valence-corrected chi connectivity index (χ0v) is 13.2. The van der Waals surface area contributed by atoms with Gasteiger partial charge in [0.25, 0.3) is 0 Å². The lowest BCUT2D eigenvalue weighted by Gasteiger charge is -2.18. The Labute approximate surface area is 126 Å². The van der Waals surface area contributed by atoms with Crippen LogP contribution in [-0.4, -0.2) is 40.0 Å². The van der Waals surface area contributed by atoms with E-state index in [9.17, 15) is 0 Å². The Hall–Kier alpha value is -1.31. The molecule has 0 aliphatic rings. The van der Waals surface area contributed by atoms with Crippen molar-refractivity contribution in [3.05, 3.63) is 40.6 Å². The zero-order valence-electron chi connectivity index (χ0n) is 11.6. The fraction of sp³-hybridized carbons (Fsp3) is 0.462. The first kappa shape index (κ1) is 15.1. The highest BCUT2D eigenvalue weighted by Gasteiger charge is 2.23. The number of nitrogens with one attached hydrogen (secondary N) is 1. The van der Waals surface area contributed by atoms with E-state index < -0.39 is 0 Å². The predicted octanol–water partition coefficient (Wildman–Crippen LogP) is 1.78. The fourth-order valence-corrected chi connectivity index (χ4v) is 2.51. The van der Waals surface area contributed by atoms with Crippen LogP contribution in [0.4, 0.5) is 0 Å². The van der Waals surface area contributed by atoms with Crippen molar-refractivity contribution in [2.75, 3.05) is 20.3 Å². The summed E-state index contributed by atoms with van der Waals surface area (Å²) in [6, 6.07) is 1.71. The molecule has 0 fully saturated rings. The maximum absolute atomic E-state index is 5.13. The molecule has 0 spiro atoms. The Morgan fingerprint density at radius 3 is 2.80 bits per heavy atom. The molecular formula is C13H18BrN5O. The van der Waals surface area contributed by atoms with Gasteiger partial charge >= 0.3 is 0 Å². The third-order valence-corrected chi connectivity index (χ3v) is 3.48. The highest BCUT2D eigenvalue weighted by Crippen LogP contribution is 2.26. The van der Waals surface area contributed by atoms with Crippen LogP contribution in [0.5, 0.6) is 0 Å². The topological polar surface area (TPSA) is 64.9 Å². The summed E-state index contributed by atoms with van der Waals surface area (Å²) in [7, 11) is 1.68.